The highest BCUT2D eigenvalue weighted by molar-refractivity contribution is 6.07. The molecular weight excluding hydrogens is 312 g/mol. The number of fused-ring (bicyclic) bond motifs is 1. The fourth-order valence-corrected chi connectivity index (χ4v) is 3.26. The van der Waals surface area contributed by atoms with Gasteiger partial charge in [-0.25, -0.2) is 0 Å². The first-order valence-corrected chi connectivity index (χ1v) is 8.56. The molecule has 0 saturated heterocycles. The van der Waals surface area contributed by atoms with E-state index in [1.165, 1.54) is 0 Å². The third-order valence-electron chi connectivity index (χ3n) is 4.85. The van der Waals surface area contributed by atoms with Crippen molar-refractivity contribution in [2.24, 2.45) is 0 Å². The van der Waals surface area contributed by atoms with Crippen LogP contribution < -0.4 is 4.74 Å². The number of nitrogens with zero attached hydrogens (tertiary/aromatic N) is 2. The molecule has 0 aliphatic carbocycles. The number of carbonyl (C=O) groups excluding carboxylic acids is 1. The predicted octanol–water partition coefficient (Wildman–Crippen LogP) is 4.50. The van der Waals surface area contributed by atoms with Crippen LogP contribution in [0.5, 0.6) is 5.75 Å². The van der Waals surface area contributed by atoms with Gasteiger partial charge < -0.3 is 14.2 Å². The molecule has 1 aromatic heterocycles. The van der Waals surface area contributed by atoms with E-state index in [-0.39, 0.29) is 11.9 Å². The Hall–Kier alpha value is -2.75. The summed E-state index contributed by atoms with van der Waals surface area (Å²) in [6, 6.07) is 15.8. The molecule has 2 aromatic carbocycles. The zero-order valence-electron chi connectivity index (χ0n) is 15.2. The first kappa shape index (κ1) is 17.1. The quantitative estimate of drug-likeness (QED) is 0.687. The minimum Gasteiger partial charge on any atom is -0.496 e. The largest absolute Gasteiger partial charge is 0.496 e. The van der Waals surface area contributed by atoms with Crippen molar-refractivity contribution in [1.29, 1.82) is 0 Å². The molecule has 0 saturated carbocycles. The number of methoxy groups -OCH3 is 1. The van der Waals surface area contributed by atoms with Gasteiger partial charge in [-0.2, -0.15) is 0 Å². The van der Waals surface area contributed by atoms with E-state index >= 15 is 0 Å². The molecule has 4 nitrogen and oxygen atoms in total. The van der Waals surface area contributed by atoms with Gasteiger partial charge >= 0.3 is 0 Å². The summed E-state index contributed by atoms with van der Waals surface area (Å²) in [4.78, 5) is 15.0. The van der Waals surface area contributed by atoms with Crippen LogP contribution in [0, 0.1) is 0 Å². The summed E-state index contributed by atoms with van der Waals surface area (Å²) < 4.78 is 7.57. The SMILES string of the molecule is CCn1cc(C(=O)N(C)[C@H](C)c2ccccc2OC)c2ccccc21. The van der Waals surface area contributed by atoms with Gasteiger partial charge in [0.25, 0.3) is 5.91 Å². The number of hydrogen-bond donors (Lipinski definition) is 0. The normalized spacial score (nSPS) is 12.2. The van der Waals surface area contributed by atoms with Crippen molar-refractivity contribution >= 4 is 16.8 Å². The lowest BCUT2D eigenvalue weighted by atomic mass is 10.0. The van der Waals surface area contributed by atoms with Crippen molar-refractivity contribution in [2.75, 3.05) is 14.2 Å². The Morgan fingerprint density at radius 2 is 1.84 bits per heavy atom. The second-order valence-corrected chi connectivity index (χ2v) is 6.18. The van der Waals surface area contributed by atoms with Crippen LogP contribution in [0.25, 0.3) is 10.9 Å². The van der Waals surface area contributed by atoms with Gasteiger partial charge in [-0.3, -0.25) is 4.79 Å². The van der Waals surface area contributed by atoms with Gasteiger partial charge in [0.05, 0.1) is 18.7 Å². The lowest BCUT2D eigenvalue weighted by molar-refractivity contribution is 0.0743. The van der Waals surface area contributed by atoms with Gasteiger partial charge in [-0.05, 0) is 26.0 Å². The number of amides is 1. The van der Waals surface area contributed by atoms with Crippen LogP contribution in [0.15, 0.2) is 54.7 Å². The molecule has 1 amide bonds. The van der Waals surface area contributed by atoms with Gasteiger partial charge in [0.15, 0.2) is 0 Å². The second-order valence-electron chi connectivity index (χ2n) is 6.18. The van der Waals surface area contributed by atoms with Crippen LogP contribution in [0.3, 0.4) is 0 Å². The second kappa shape index (κ2) is 7.01. The monoisotopic (exact) mass is 336 g/mol. The Morgan fingerprint density at radius 3 is 2.56 bits per heavy atom. The number of ether oxygens (including phenoxy) is 1. The van der Waals surface area contributed by atoms with E-state index in [0.29, 0.717) is 0 Å². The first-order valence-electron chi connectivity index (χ1n) is 8.56. The third kappa shape index (κ3) is 3.00. The van der Waals surface area contributed by atoms with Crippen LogP contribution >= 0.6 is 0 Å². The highest BCUT2D eigenvalue weighted by Crippen LogP contribution is 2.30. The van der Waals surface area contributed by atoms with Crippen LogP contribution in [0.4, 0.5) is 0 Å². The molecule has 0 aliphatic heterocycles. The summed E-state index contributed by atoms with van der Waals surface area (Å²) in [6.45, 7) is 4.94. The van der Waals surface area contributed by atoms with E-state index in [1.54, 1.807) is 12.0 Å². The predicted molar refractivity (Wildman–Crippen MR) is 101 cm³/mol. The fourth-order valence-electron chi connectivity index (χ4n) is 3.26. The molecule has 1 atom stereocenters. The van der Waals surface area contributed by atoms with E-state index in [0.717, 1.165) is 34.3 Å². The summed E-state index contributed by atoms with van der Waals surface area (Å²) >= 11 is 0. The third-order valence-corrected chi connectivity index (χ3v) is 4.85. The summed E-state index contributed by atoms with van der Waals surface area (Å²) in [5.74, 6) is 0.812. The molecule has 0 spiro atoms. The molecule has 0 N–H and O–H groups in total. The molecule has 0 radical (unpaired) electrons. The van der Waals surface area contributed by atoms with Gasteiger partial charge in [0.2, 0.25) is 0 Å². The highest BCUT2D eigenvalue weighted by Gasteiger charge is 2.24. The van der Waals surface area contributed by atoms with E-state index in [9.17, 15) is 4.79 Å². The Labute approximate surface area is 148 Å². The molecule has 4 heteroatoms. The lowest BCUT2D eigenvalue weighted by Crippen LogP contribution is -2.29. The maximum Gasteiger partial charge on any atom is 0.256 e. The van der Waals surface area contributed by atoms with Gasteiger partial charge in [0, 0.05) is 36.3 Å². The van der Waals surface area contributed by atoms with Crippen molar-refractivity contribution in [3.05, 3.63) is 65.9 Å². The fraction of sp³-hybridized carbons (Fsp3) is 0.286. The van der Waals surface area contributed by atoms with Crippen molar-refractivity contribution in [3.63, 3.8) is 0 Å². The number of para-hydroxylation sites is 2. The number of aromatic nitrogens is 1. The number of aryl methyl sites for hydroxylation is 1. The number of carbonyl (C=O) groups is 1. The van der Waals surface area contributed by atoms with Crippen LogP contribution in [-0.4, -0.2) is 29.5 Å². The van der Waals surface area contributed by atoms with Gasteiger partial charge in [-0.1, -0.05) is 36.4 Å². The van der Waals surface area contributed by atoms with Gasteiger partial charge in [0.1, 0.15) is 5.75 Å². The zero-order chi connectivity index (χ0) is 18.0. The number of hydrogen-bond acceptors (Lipinski definition) is 2. The van der Waals surface area contributed by atoms with Crippen LogP contribution in [0.2, 0.25) is 0 Å². The minimum absolute atomic E-state index is 0.0156. The Morgan fingerprint density at radius 1 is 1.16 bits per heavy atom. The van der Waals surface area contributed by atoms with Crippen molar-refractivity contribution in [1.82, 2.24) is 9.47 Å². The van der Waals surface area contributed by atoms with Crippen molar-refractivity contribution in [2.45, 2.75) is 26.4 Å². The molecular formula is C21H24N2O2. The molecule has 1 heterocycles. The molecule has 3 aromatic rings. The molecule has 25 heavy (non-hydrogen) atoms. The van der Waals surface area contributed by atoms with Crippen molar-refractivity contribution < 1.29 is 9.53 Å². The molecule has 0 aliphatic rings. The Bertz CT molecular complexity index is 898. The first-order chi connectivity index (χ1) is 12.1. The van der Waals surface area contributed by atoms with Crippen molar-refractivity contribution in [3.8, 4) is 5.75 Å². The van der Waals surface area contributed by atoms with Crippen LogP contribution in [0.1, 0.15) is 35.8 Å². The molecule has 0 unspecified atom stereocenters. The number of rotatable bonds is 5. The average molecular weight is 336 g/mol. The minimum atomic E-state index is -0.0904. The van der Waals surface area contributed by atoms with Crippen LogP contribution in [-0.2, 0) is 6.54 Å². The lowest BCUT2D eigenvalue weighted by Gasteiger charge is -2.26. The van der Waals surface area contributed by atoms with E-state index in [2.05, 4.69) is 17.6 Å². The summed E-state index contributed by atoms with van der Waals surface area (Å²) in [7, 11) is 3.50. The molecule has 0 bridgehead atoms. The summed E-state index contributed by atoms with van der Waals surface area (Å²) in [6.07, 6.45) is 1.96. The van der Waals surface area contributed by atoms with E-state index < -0.39 is 0 Å². The van der Waals surface area contributed by atoms with Gasteiger partial charge in [-0.15, -0.1) is 0 Å². The molecule has 3 rings (SSSR count). The maximum atomic E-state index is 13.2. The summed E-state index contributed by atoms with van der Waals surface area (Å²) in [5, 5.41) is 0.994. The number of benzene rings is 2. The zero-order valence-corrected chi connectivity index (χ0v) is 15.2. The highest BCUT2D eigenvalue weighted by atomic mass is 16.5. The summed E-state index contributed by atoms with van der Waals surface area (Å²) in [5.41, 5.74) is 2.83. The molecule has 0 fully saturated rings. The smallest absolute Gasteiger partial charge is 0.256 e. The topological polar surface area (TPSA) is 34.5 Å². The van der Waals surface area contributed by atoms with E-state index in [4.69, 9.17) is 4.74 Å². The Kier molecular flexibility index (Phi) is 4.79. The van der Waals surface area contributed by atoms with E-state index in [1.807, 2.05) is 62.6 Å². The average Bonchev–Trinajstić information content (AvgIpc) is 3.05. The Balaban J connectivity index is 1.98. The standard InChI is InChI=1S/C21H24N2O2/c1-5-23-14-18(17-11-6-8-12-19(17)23)21(24)22(3)15(2)16-10-7-9-13-20(16)25-4/h6-15H,5H2,1-4H3/t15-/m1/s1. The molecule has 130 valence electrons. The maximum absolute atomic E-state index is 13.2.